The fourth-order valence-corrected chi connectivity index (χ4v) is 2.62. The Morgan fingerprint density at radius 3 is 2.12 bits per heavy atom. The van der Waals surface area contributed by atoms with Crippen molar-refractivity contribution < 1.29 is 14.3 Å². The van der Waals surface area contributed by atoms with Gasteiger partial charge in [-0.1, -0.05) is 54.6 Å². The molecule has 3 rings (SSSR count). The first-order valence-corrected chi connectivity index (χ1v) is 8.42. The van der Waals surface area contributed by atoms with Crippen molar-refractivity contribution in [3.63, 3.8) is 0 Å². The lowest BCUT2D eigenvalue weighted by Crippen LogP contribution is -2.15. The summed E-state index contributed by atoms with van der Waals surface area (Å²) in [6.07, 6.45) is 0. The summed E-state index contributed by atoms with van der Waals surface area (Å²) in [5.41, 5.74) is 3.41. The average Bonchev–Trinajstić information content (AvgIpc) is 2.69. The summed E-state index contributed by atoms with van der Waals surface area (Å²) in [6.45, 7) is 2.02. The highest BCUT2D eigenvalue weighted by atomic mass is 16.5. The maximum atomic E-state index is 12.5. The van der Waals surface area contributed by atoms with Crippen molar-refractivity contribution >= 4 is 17.6 Å². The van der Waals surface area contributed by atoms with E-state index in [4.69, 9.17) is 4.74 Å². The number of hydrogen-bond acceptors (Lipinski definition) is 3. The van der Waals surface area contributed by atoms with Gasteiger partial charge in [-0.05, 0) is 42.3 Å². The van der Waals surface area contributed by atoms with E-state index >= 15 is 0 Å². The Balaban J connectivity index is 1.78. The lowest BCUT2D eigenvalue weighted by atomic mass is 10.0. The highest BCUT2D eigenvalue weighted by Gasteiger charge is 2.14. The summed E-state index contributed by atoms with van der Waals surface area (Å²) in [5.74, 6) is -0.732. The number of carbonyl (C=O) groups excluding carboxylic acids is 2. The van der Waals surface area contributed by atoms with E-state index in [2.05, 4.69) is 5.32 Å². The molecule has 0 aliphatic carbocycles. The largest absolute Gasteiger partial charge is 0.462 e. The third kappa shape index (κ3) is 3.98. The molecule has 4 heteroatoms. The average molecular weight is 345 g/mol. The smallest absolute Gasteiger partial charge is 0.340 e. The number of anilines is 1. The number of rotatable bonds is 5. The number of esters is 1. The molecule has 26 heavy (non-hydrogen) atoms. The molecule has 4 nitrogen and oxygen atoms in total. The van der Waals surface area contributed by atoms with Gasteiger partial charge < -0.3 is 10.1 Å². The van der Waals surface area contributed by atoms with Crippen LogP contribution >= 0.6 is 0 Å². The molecule has 3 aromatic carbocycles. The van der Waals surface area contributed by atoms with Gasteiger partial charge in [-0.15, -0.1) is 0 Å². The van der Waals surface area contributed by atoms with E-state index < -0.39 is 5.97 Å². The van der Waals surface area contributed by atoms with E-state index in [1.807, 2.05) is 42.5 Å². The van der Waals surface area contributed by atoms with Crippen molar-refractivity contribution in [3.8, 4) is 11.1 Å². The van der Waals surface area contributed by atoms with Gasteiger partial charge in [-0.25, -0.2) is 4.79 Å². The number of benzene rings is 3. The van der Waals surface area contributed by atoms with Crippen LogP contribution in [0.2, 0.25) is 0 Å². The molecule has 0 aromatic heterocycles. The molecule has 0 unspecified atom stereocenters. The Hall–Kier alpha value is -3.40. The zero-order valence-corrected chi connectivity index (χ0v) is 14.4. The third-order valence-corrected chi connectivity index (χ3v) is 3.92. The van der Waals surface area contributed by atoms with Gasteiger partial charge in [0.15, 0.2) is 0 Å². The molecule has 0 saturated heterocycles. The SMILES string of the molecule is CCOC(=O)c1ccccc1NC(=O)c1ccc(-c2ccccc2)cc1. The first-order valence-electron chi connectivity index (χ1n) is 8.42. The van der Waals surface area contributed by atoms with Crippen molar-refractivity contribution in [2.75, 3.05) is 11.9 Å². The minimum Gasteiger partial charge on any atom is -0.462 e. The zero-order chi connectivity index (χ0) is 18.4. The molecule has 0 radical (unpaired) electrons. The Kier molecular flexibility index (Phi) is 5.44. The Labute approximate surface area is 152 Å². The van der Waals surface area contributed by atoms with E-state index in [1.165, 1.54) is 0 Å². The second kappa shape index (κ2) is 8.12. The van der Waals surface area contributed by atoms with Gasteiger partial charge in [-0.3, -0.25) is 4.79 Å². The van der Waals surface area contributed by atoms with Gasteiger partial charge in [0.1, 0.15) is 0 Å². The molecule has 0 heterocycles. The zero-order valence-electron chi connectivity index (χ0n) is 14.4. The number of amides is 1. The topological polar surface area (TPSA) is 55.4 Å². The van der Waals surface area contributed by atoms with Crippen LogP contribution in [0.5, 0.6) is 0 Å². The van der Waals surface area contributed by atoms with Crippen molar-refractivity contribution in [1.82, 2.24) is 0 Å². The first kappa shape index (κ1) is 17.4. The number of carbonyl (C=O) groups is 2. The van der Waals surface area contributed by atoms with E-state index in [-0.39, 0.29) is 12.5 Å². The lowest BCUT2D eigenvalue weighted by molar-refractivity contribution is 0.0527. The van der Waals surface area contributed by atoms with Crippen molar-refractivity contribution in [1.29, 1.82) is 0 Å². The Bertz CT molecular complexity index is 902. The number of hydrogen-bond donors (Lipinski definition) is 1. The maximum Gasteiger partial charge on any atom is 0.340 e. The van der Waals surface area contributed by atoms with E-state index in [0.29, 0.717) is 16.8 Å². The van der Waals surface area contributed by atoms with Gasteiger partial charge in [-0.2, -0.15) is 0 Å². The number of ether oxygens (including phenoxy) is 1. The number of nitrogens with one attached hydrogen (secondary N) is 1. The van der Waals surface area contributed by atoms with Crippen LogP contribution in [-0.4, -0.2) is 18.5 Å². The maximum absolute atomic E-state index is 12.5. The van der Waals surface area contributed by atoms with Crippen LogP contribution in [0.3, 0.4) is 0 Å². The van der Waals surface area contributed by atoms with Crippen LogP contribution in [-0.2, 0) is 4.74 Å². The molecule has 0 aliphatic rings. The monoisotopic (exact) mass is 345 g/mol. The normalized spacial score (nSPS) is 10.2. The first-order chi connectivity index (χ1) is 12.7. The molecular weight excluding hydrogens is 326 g/mol. The van der Waals surface area contributed by atoms with Crippen LogP contribution < -0.4 is 5.32 Å². The highest BCUT2D eigenvalue weighted by Crippen LogP contribution is 2.21. The minimum atomic E-state index is -0.456. The molecule has 0 atom stereocenters. The van der Waals surface area contributed by atoms with Crippen LogP contribution in [0.15, 0.2) is 78.9 Å². The standard InChI is InChI=1S/C22H19NO3/c1-2-26-22(25)19-10-6-7-11-20(19)23-21(24)18-14-12-17(13-15-18)16-8-4-3-5-9-16/h3-15H,2H2,1H3,(H,23,24). The molecule has 0 bridgehead atoms. The van der Waals surface area contributed by atoms with Crippen molar-refractivity contribution in [2.24, 2.45) is 0 Å². The van der Waals surface area contributed by atoms with Crippen LogP contribution in [0.4, 0.5) is 5.69 Å². The molecule has 1 amide bonds. The van der Waals surface area contributed by atoms with Gasteiger partial charge in [0, 0.05) is 5.56 Å². The van der Waals surface area contributed by atoms with E-state index in [9.17, 15) is 9.59 Å². The summed E-state index contributed by atoms with van der Waals surface area (Å²) in [4.78, 5) is 24.5. The number of para-hydroxylation sites is 1. The van der Waals surface area contributed by atoms with Gasteiger partial charge >= 0.3 is 5.97 Å². The van der Waals surface area contributed by atoms with E-state index in [0.717, 1.165) is 11.1 Å². The van der Waals surface area contributed by atoms with E-state index in [1.54, 1.807) is 43.3 Å². The fourth-order valence-electron chi connectivity index (χ4n) is 2.62. The summed E-state index contributed by atoms with van der Waals surface area (Å²) in [6, 6.07) is 24.1. The summed E-state index contributed by atoms with van der Waals surface area (Å²) in [7, 11) is 0. The summed E-state index contributed by atoms with van der Waals surface area (Å²) in [5, 5.41) is 2.79. The minimum absolute atomic E-state index is 0.277. The van der Waals surface area contributed by atoms with Crippen LogP contribution in [0.1, 0.15) is 27.6 Å². The predicted molar refractivity (Wildman–Crippen MR) is 102 cm³/mol. The van der Waals surface area contributed by atoms with Gasteiger partial charge in [0.2, 0.25) is 0 Å². The molecule has 1 N–H and O–H groups in total. The van der Waals surface area contributed by atoms with Crippen LogP contribution in [0.25, 0.3) is 11.1 Å². The summed E-state index contributed by atoms with van der Waals surface area (Å²) < 4.78 is 5.03. The molecule has 0 aliphatic heterocycles. The molecule has 130 valence electrons. The van der Waals surface area contributed by atoms with Crippen molar-refractivity contribution in [2.45, 2.75) is 6.92 Å². The Morgan fingerprint density at radius 1 is 0.808 bits per heavy atom. The second-order valence-corrected chi connectivity index (χ2v) is 5.66. The predicted octanol–water partition coefficient (Wildman–Crippen LogP) is 4.78. The highest BCUT2D eigenvalue weighted by molar-refractivity contribution is 6.08. The summed E-state index contributed by atoms with van der Waals surface area (Å²) >= 11 is 0. The molecule has 3 aromatic rings. The molecule has 0 spiro atoms. The Morgan fingerprint density at radius 2 is 1.42 bits per heavy atom. The third-order valence-electron chi connectivity index (χ3n) is 3.92. The fraction of sp³-hybridized carbons (Fsp3) is 0.0909. The van der Waals surface area contributed by atoms with Gasteiger partial charge in [0.25, 0.3) is 5.91 Å². The molecular formula is C22H19NO3. The second-order valence-electron chi connectivity index (χ2n) is 5.66. The molecule has 0 saturated carbocycles. The van der Waals surface area contributed by atoms with Gasteiger partial charge in [0.05, 0.1) is 17.9 Å². The van der Waals surface area contributed by atoms with Crippen LogP contribution in [0, 0.1) is 0 Å². The molecule has 0 fully saturated rings. The quantitative estimate of drug-likeness (QED) is 0.677. The lowest BCUT2D eigenvalue weighted by Gasteiger charge is -2.10. The van der Waals surface area contributed by atoms with Crippen molar-refractivity contribution in [3.05, 3.63) is 90.0 Å².